The smallest absolute Gasteiger partial charge is 0.332 e. The van der Waals surface area contributed by atoms with Crippen LogP contribution in [-0.4, -0.2) is 26.6 Å². The Bertz CT molecular complexity index is 928. The van der Waals surface area contributed by atoms with Crippen molar-refractivity contribution >= 4 is 11.5 Å². The second kappa shape index (κ2) is 6.68. The van der Waals surface area contributed by atoms with Gasteiger partial charge in [-0.25, -0.2) is 9.79 Å². The van der Waals surface area contributed by atoms with Crippen LogP contribution in [0.1, 0.15) is 63.9 Å². The Labute approximate surface area is 165 Å². The first-order valence-corrected chi connectivity index (χ1v) is 11.1. The van der Waals surface area contributed by atoms with E-state index < -0.39 is 0 Å². The highest BCUT2D eigenvalue weighted by Gasteiger charge is 2.60. The van der Waals surface area contributed by atoms with Gasteiger partial charge < -0.3 is 5.11 Å². The van der Waals surface area contributed by atoms with Crippen LogP contribution in [-0.2, 0) is 19.5 Å². The molecule has 0 amide bonds. The third-order valence-electron chi connectivity index (χ3n) is 7.92. The fourth-order valence-corrected chi connectivity index (χ4v) is 6.86. The van der Waals surface area contributed by atoms with E-state index in [1.54, 1.807) is 4.57 Å². The molecule has 152 valence electrons. The predicted octanol–water partition coefficient (Wildman–Crippen LogP) is 2.65. The number of aliphatic hydroxyl groups excluding tert-OH is 1. The van der Waals surface area contributed by atoms with Crippen LogP contribution in [0, 0.1) is 23.2 Å². The number of hydrogen-bond acceptors (Lipinski definition) is 4. The summed E-state index contributed by atoms with van der Waals surface area (Å²) in [6, 6.07) is 0. The minimum atomic E-state index is -0.259. The summed E-state index contributed by atoms with van der Waals surface area (Å²) >= 11 is 0. The normalized spacial score (nSPS) is 32.2. The van der Waals surface area contributed by atoms with Crippen LogP contribution in [0.5, 0.6) is 0 Å². The fourth-order valence-electron chi connectivity index (χ4n) is 6.86. The van der Waals surface area contributed by atoms with Crippen LogP contribution in [0.25, 0.3) is 0 Å². The quantitative estimate of drug-likeness (QED) is 0.784. The topological polar surface area (TPSA) is 76.6 Å². The maximum absolute atomic E-state index is 13.2. The Morgan fingerprint density at radius 2 is 1.79 bits per heavy atom. The number of aliphatic hydroxyl groups is 1. The molecule has 0 radical (unpaired) electrons. The van der Waals surface area contributed by atoms with Crippen molar-refractivity contribution in [1.82, 2.24) is 9.13 Å². The van der Waals surface area contributed by atoms with Gasteiger partial charge in [0.2, 0.25) is 0 Å². The van der Waals surface area contributed by atoms with Crippen molar-refractivity contribution in [2.24, 2.45) is 28.2 Å². The van der Waals surface area contributed by atoms with Crippen molar-refractivity contribution in [1.29, 1.82) is 0 Å². The molecular formula is C22H31N3O3. The zero-order valence-electron chi connectivity index (χ0n) is 16.8. The van der Waals surface area contributed by atoms with Gasteiger partial charge in [-0.1, -0.05) is 13.3 Å². The lowest BCUT2D eigenvalue weighted by molar-refractivity contribution is 0.262. The largest absolute Gasteiger partial charge is 0.396 e. The van der Waals surface area contributed by atoms with E-state index in [0.717, 1.165) is 30.6 Å². The number of aliphatic imine (C=N–C) groups is 1. The van der Waals surface area contributed by atoms with Gasteiger partial charge in [-0.3, -0.25) is 13.9 Å². The number of hydrogen-bond donors (Lipinski definition) is 1. The summed E-state index contributed by atoms with van der Waals surface area (Å²) in [5, 5.41) is 9.29. The van der Waals surface area contributed by atoms with E-state index in [9.17, 15) is 14.7 Å². The second-order valence-corrected chi connectivity index (χ2v) is 9.56. The van der Waals surface area contributed by atoms with Crippen molar-refractivity contribution in [3.05, 3.63) is 26.4 Å². The molecule has 6 heteroatoms. The molecule has 0 spiro atoms. The fraction of sp³-hybridized carbons (Fsp3) is 0.773. The van der Waals surface area contributed by atoms with Crippen LogP contribution >= 0.6 is 0 Å². The molecule has 1 aromatic rings. The number of nitrogens with zero attached hydrogens (tertiary/aromatic N) is 3. The molecule has 1 aromatic heterocycles. The van der Waals surface area contributed by atoms with Gasteiger partial charge in [0.25, 0.3) is 5.56 Å². The minimum absolute atomic E-state index is 0.0290. The molecule has 6 nitrogen and oxygen atoms in total. The van der Waals surface area contributed by atoms with Crippen molar-refractivity contribution in [3.63, 3.8) is 0 Å². The zero-order valence-corrected chi connectivity index (χ0v) is 16.8. The molecule has 2 atom stereocenters. The molecule has 2 heterocycles. The average Bonchev–Trinajstić information content (AvgIpc) is 3.30. The Kier molecular flexibility index (Phi) is 4.38. The molecule has 4 fully saturated rings. The van der Waals surface area contributed by atoms with Crippen molar-refractivity contribution in [3.8, 4) is 0 Å². The van der Waals surface area contributed by atoms with Crippen LogP contribution in [0.2, 0.25) is 0 Å². The van der Waals surface area contributed by atoms with Gasteiger partial charge in [0, 0.05) is 37.2 Å². The van der Waals surface area contributed by atoms with E-state index >= 15 is 0 Å². The molecule has 28 heavy (non-hydrogen) atoms. The Morgan fingerprint density at radius 3 is 2.46 bits per heavy atom. The predicted molar refractivity (Wildman–Crippen MR) is 108 cm³/mol. The van der Waals surface area contributed by atoms with E-state index in [2.05, 4.69) is 6.92 Å². The molecule has 1 N–H and O–H groups in total. The minimum Gasteiger partial charge on any atom is -0.396 e. The summed E-state index contributed by atoms with van der Waals surface area (Å²) in [6.45, 7) is 2.98. The van der Waals surface area contributed by atoms with Gasteiger partial charge in [-0.05, 0) is 62.7 Å². The Hall–Kier alpha value is -1.69. The van der Waals surface area contributed by atoms with Gasteiger partial charge in [0.05, 0.1) is 5.56 Å². The van der Waals surface area contributed by atoms with Crippen LogP contribution in [0.4, 0.5) is 5.82 Å². The Balaban J connectivity index is 1.58. The van der Waals surface area contributed by atoms with Crippen LogP contribution in [0.3, 0.4) is 0 Å². The van der Waals surface area contributed by atoms with E-state index in [-0.39, 0.29) is 23.3 Å². The molecule has 0 aromatic carbocycles. The first kappa shape index (κ1) is 18.3. The summed E-state index contributed by atoms with van der Waals surface area (Å²) in [5.74, 6) is 2.99. The summed E-state index contributed by atoms with van der Waals surface area (Å²) in [5.41, 5.74) is 1.68. The lowest BCUT2D eigenvalue weighted by Crippen LogP contribution is -2.41. The Morgan fingerprint density at radius 1 is 1.07 bits per heavy atom. The monoisotopic (exact) mass is 385 g/mol. The van der Waals surface area contributed by atoms with Crippen molar-refractivity contribution in [2.75, 3.05) is 6.61 Å². The number of rotatable bonds is 7. The molecule has 4 aliphatic carbocycles. The molecule has 6 rings (SSSR count). The van der Waals surface area contributed by atoms with Gasteiger partial charge in [-0.2, -0.15) is 0 Å². The van der Waals surface area contributed by atoms with Crippen LogP contribution < -0.4 is 11.2 Å². The molecule has 0 unspecified atom stereocenters. The van der Waals surface area contributed by atoms with Gasteiger partial charge in [-0.15, -0.1) is 0 Å². The number of fused-ring (bicyclic) bond motifs is 1. The molecule has 5 aliphatic rings. The molecular weight excluding hydrogens is 354 g/mol. The maximum Gasteiger partial charge on any atom is 0.332 e. The lowest BCUT2D eigenvalue weighted by Gasteiger charge is -2.33. The van der Waals surface area contributed by atoms with Gasteiger partial charge in [0.1, 0.15) is 5.82 Å². The molecule has 1 aliphatic heterocycles. The SMILES string of the molecule is CCCCn1c(=O)c2c(n(CCCO)c1=O)N=C(C13C[C@H]4CC1C[C@@H](C4)C3)C2. The third kappa shape index (κ3) is 2.53. The molecule has 4 saturated carbocycles. The maximum atomic E-state index is 13.2. The summed E-state index contributed by atoms with van der Waals surface area (Å²) < 4.78 is 3.07. The zero-order chi connectivity index (χ0) is 19.5. The standard InChI is InChI=1S/C22H31N3O3/c1-2-3-5-25-20(27)17-11-18(23-19(17)24(21(25)28)6-4-7-26)22-12-14-8-15(13-22)10-16(22)9-14/h14-16,26H,2-13H2,1H3/t14-,15-,16?,22?/m1/s1. The number of aromatic nitrogens is 2. The molecule has 4 bridgehead atoms. The highest BCUT2D eigenvalue weighted by Crippen LogP contribution is 2.66. The second-order valence-electron chi connectivity index (χ2n) is 9.56. The van der Waals surface area contributed by atoms with E-state index in [0.29, 0.717) is 37.3 Å². The van der Waals surface area contributed by atoms with E-state index in [1.165, 1.54) is 42.4 Å². The van der Waals surface area contributed by atoms with E-state index in [4.69, 9.17) is 4.99 Å². The average molecular weight is 386 g/mol. The van der Waals surface area contributed by atoms with Crippen molar-refractivity contribution < 1.29 is 5.11 Å². The van der Waals surface area contributed by atoms with E-state index in [1.807, 2.05) is 0 Å². The summed E-state index contributed by atoms with van der Waals surface area (Å²) in [4.78, 5) is 31.2. The first-order chi connectivity index (χ1) is 13.6. The molecule has 0 saturated heterocycles. The third-order valence-corrected chi connectivity index (χ3v) is 7.92. The first-order valence-electron chi connectivity index (χ1n) is 11.1. The summed E-state index contributed by atoms with van der Waals surface area (Å²) in [6.07, 6.45) is 9.36. The number of unbranched alkanes of at least 4 members (excludes halogenated alkanes) is 1. The van der Waals surface area contributed by atoms with Crippen molar-refractivity contribution in [2.45, 2.75) is 77.8 Å². The highest BCUT2D eigenvalue weighted by molar-refractivity contribution is 5.98. The van der Waals surface area contributed by atoms with Gasteiger partial charge in [0.15, 0.2) is 0 Å². The lowest BCUT2D eigenvalue weighted by atomic mass is 9.71. The summed E-state index contributed by atoms with van der Waals surface area (Å²) in [7, 11) is 0. The van der Waals surface area contributed by atoms with Crippen LogP contribution in [0.15, 0.2) is 14.6 Å². The van der Waals surface area contributed by atoms with Gasteiger partial charge >= 0.3 is 5.69 Å². The highest BCUT2D eigenvalue weighted by atomic mass is 16.3.